The third-order valence-corrected chi connectivity index (χ3v) is 3.16. The van der Waals surface area contributed by atoms with E-state index in [1.807, 2.05) is 20.8 Å². The van der Waals surface area contributed by atoms with Crippen LogP contribution in [0.5, 0.6) is 0 Å². The van der Waals surface area contributed by atoms with Crippen molar-refractivity contribution in [2.24, 2.45) is 11.7 Å². The fraction of sp³-hybridized carbons (Fsp3) is 1.00. The number of hydrogen-bond acceptors (Lipinski definition) is 2. The lowest BCUT2D eigenvalue weighted by Gasteiger charge is -2.38. The molecular formula is C12H25F3N2. The molecule has 0 aromatic heterocycles. The lowest BCUT2D eigenvalue weighted by molar-refractivity contribution is -0.191. The summed E-state index contributed by atoms with van der Waals surface area (Å²) < 4.78 is 39.0. The highest BCUT2D eigenvalue weighted by Gasteiger charge is 2.46. The second-order valence-electron chi connectivity index (χ2n) is 5.20. The van der Waals surface area contributed by atoms with Crippen LogP contribution in [0, 0.1) is 5.92 Å². The minimum Gasteiger partial charge on any atom is -0.326 e. The van der Waals surface area contributed by atoms with Gasteiger partial charge in [-0.15, -0.1) is 0 Å². The van der Waals surface area contributed by atoms with E-state index in [2.05, 4.69) is 0 Å². The van der Waals surface area contributed by atoms with Gasteiger partial charge in [-0.1, -0.05) is 20.8 Å². The van der Waals surface area contributed by atoms with Gasteiger partial charge in [0.1, 0.15) is 6.04 Å². The molecule has 0 radical (unpaired) electrons. The van der Waals surface area contributed by atoms with E-state index in [4.69, 9.17) is 5.73 Å². The van der Waals surface area contributed by atoms with Crippen LogP contribution in [0.15, 0.2) is 0 Å². The van der Waals surface area contributed by atoms with Crippen molar-refractivity contribution in [3.63, 3.8) is 0 Å². The van der Waals surface area contributed by atoms with E-state index in [0.29, 0.717) is 12.3 Å². The monoisotopic (exact) mass is 254 g/mol. The number of hydrogen-bond donors (Lipinski definition) is 1. The molecule has 0 heterocycles. The van der Waals surface area contributed by atoms with Gasteiger partial charge in [-0.05, 0) is 32.7 Å². The summed E-state index contributed by atoms with van der Waals surface area (Å²) in [6.45, 7) is 7.52. The average molecular weight is 254 g/mol. The molecule has 0 rings (SSSR count). The van der Waals surface area contributed by atoms with Gasteiger partial charge in [0.2, 0.25) is 0 Å². The van der Waals surface area contributed by atoms with Gasteiger partial charge in [0.15, 0.2) is 0 Å². The predicted octanol–water partition coefficient (Wildman–Crippen LogP) is 3.02. The first-order valence-corrected chi connectivity index (χ1v) is 6.15. The van der Waals surface area contributed by atoms with Gasteiger partial charge in [-0.2, -0.15) is 13.2 Å². The molecule has 0 amide bonds. The molecule has 0 aliphatic heterocycles. The maximum absolute atomic E-state index is 13.0. The molecule has 0 spiro atoms. The first-order valence-electron chi connectivity index (χ1n) is 6.15. The third kappa shape index (κ3) is 5.25. The zero-order chi connectivity index (χ0) is 13.8. The van der Waals surface area contributed by atoms with Gasteiger partial charge in [0.25, 0.3) is 0 Å². The lowest BCUT2D eigenvalue weighted by Crippen LogP contribution is -2.57. The molecular weight excluding hydrogens is 229 g/mol. The SMILES string of the molecule is CCC(N)C(N(C)C(C)CC(C)C)C(F)(F)F. The molecule has 0 aromatic carbocycles. The Morgan fingerprint density at radius 3 is 1.94 bits per heavy atom. The minimum atomic E-state index is -4.27. The van der Waals surface area contributed by atoms with E-state index >= 15 is 0 Å². The normalized spacial score (nSPS) is 18.5. The van der Waals surface area contributed by atoms with Crippen LogP contribution in [0.1, 0.15) is 40.5 Å². The van der Waals surface area contributed by atoms with E-state index in [9.17, 15) is 13.2 Å². The molecule has 0 aliphatic carbocycles. The van der Waals surface area contributed by atoms with Crippen molar-refractivity contribution in [2.45, 2.75) is 64.8 Å². The molecule has 3 atom stereocenters. The summed E-state index contributed by atoms with van der Waals surface area (Å²) in [5.41, 5.74) is 5.61. The van der Waals surface area contributed by atoms with Gasteiger partial charge in [0, 0.05) is 12.1 Å². The number of rotatable bonds is 6. The summed E-state index contributed by atoms with van der Waals surface area (Å²) in [6, 6.07) is -2.55. The molecule has 5 heteroatoms. The molecule has 0 saturated carbocycles. The van der Waals surface area contributed by atoms with Crippen molar-refractivity contribution < 1.29 is 13.2 Å². The summed E-state index contributed by atoms with van der Waals surface area (Å²) in [4.78, 5) is 1.37. The minimum absolute atomic E-state index is 0.126. The number of likely N-dealkylation sites (N-methyl/N-ethyl adjacent to an activating group) is 1. The fourth-order valence-electron chi connectivity index (χ4n) is 2.12. The molecule has 0 saturated heterocycles. The molecule has 2 nitrogen and oxygen atoms in total. The zero-order valence-electron chi connectivity index (χ0n) is 11.4. The van der Waals surface area contributed by atoms with Crippen molar-refractivity contribution in [1.29, 1.82) is 0 Å². The largest absolute Gasteiger partial charge is 0.405 e. The highest BCUT2D eigenvalue weighted by molar-refractivity contribution is 4.88. The third-order valence-electron chi connectivity index (χ3n) is 3.16. The number of alkyl halides is 3. The van der Waals surface area contributed by atoms with E-state index in [1.165, 1.54) is 11.9 Å². The van der Waals surface area contributed by atoms with E-state index in [-0.39, 0.29) is 6.04 Å². The molecule has 0 fully saturated rings. The van der Waals surface area contributed by atoms with E-state index < -0.39 is 18.3 Å². The zero-order valence-corrected chi connectivity index (χ0v) is 11.4. The van der Waals surface area contributed by atoms with Gasteiger partial charge in [0.05, 0.1) is 0 Å². The van der Waals surface area contributed by atoms with Crippen molar-refractivity contribution in [3.05, 3.63) is 0 Å². The maximum Gasteiger partial charge on any atom is 0.405 e. The lowest BCUT2D eigenvalue weighted by atomic mass is 9.99. The predicted molar refractivity (Wildman–Crippen MR) is 64.8 cm³/mol. The number of nitrogens with zero attached hydrogens (tertiary/aromatic N) is 1. The van der Waals surface area contributed by atoms with Gasteiger partial charge >= 0.3 is 6.18 Å². The smallest absolute Gasteiger partial charge is 0.326 e. The van der Waals surface area contributed by atoms with Crippen molar-refractivity contribution in [2.75, 3.05) is 7.05 Å². The van der Waals surface area contributed by atoms with Crippen LogP contribution in [0.4, 0.5) is 13.2 Å². The van der Waals surface area contributed by atoms with Crippen LogP contribution >= 0.6 is 0 Å². The first kappa shape index (κ1) is 16.7. The quantitative estimate of drug-likeness (QED) is 0.789. The summed E-state index contributed by atoms with van der Waals surface area (Å²) in [5.74, 6) is 0.374. The Hall–Kier alpha value is -0.290. The molecule has 0 aromatic rings. The van der Waals surface area contributed by atoms with Crippen LogP contribution in [0.2, 0.25) is 0 Å². The second-order valence-corrected chi connectivity index (χ2v) is 5.20. The van der Waals surface area contributed by atoms with Crippen molar-refractivity contribution >= 4 is 0 Å². The standard InChI is InChI=1S/C12H25F3N2/c1-6-10(16)11(12(13,14)15)17(5)9(4)7-8(2)3/h8-11H,6-7,16H2,1-5H3. The van der Waals surface area contributed by atoms with Gasteiger partial charge in [-0.3, -0.25) is 4.90 Å². The van der Waals surface area contributed by atoms with Crippen LogP contribution in [-0.4, -0.2) is 36.2 Å². The highest BCUT2D eigenvalue weighted by Crippen LogP contribution is 2.29. The Labute approximate surface area is 102 Å². The Kier molecular flexibility index (Phi) is 6.48. The first-order chi connectivity index (χ1) is 7.61. The fourth-order valence-corrected chi connectivity index (χ4v) is 2.12. The molecule has 2 N–H and O–H groups in total. The van der Waals surface area contributed by atoms with Crippen LogP contribution < -0.4 is 5.73 Å². The van der Waals surface area contributed by atoms with Crippen LogP contribution in [-0.2, 0) is 0 Å². The summed E-state index contributed by atoms with van der Waals surface area (Å²) in [6.07, 6.45) is -3.21. The molecule has 0 bridgehead atoms. The van der Waals surface area contributed by atoms with Crippen molar-refractivity contribution in [1.82, 2.24) is 4.90 Å². The Bertz CT molecular complexity index is 216. The number of nitrogens with two attached hydrogens (primary N) is 1. The average Bonchev–Trinajstić information content (AvgIpc) is 2.14. The van der Waals surface area contributed by atoms with E-state index in [0.717, 1.165) is 6.42 Å². The molecule has 104 valence electrons. The summed E-state index contributed by atoms with van der Waals surface area (Å²) in [7, 11) is 1.51. The summed E-state index contributed by atoms with van der Waals surface area (Å²) >= 11 is 0. The molecule has 3 unspecified atom stereocenters. The number of halogens is 3. The van der Waals surface area contributed by atoms with Gasteiger partial charge < -0.3 is 5.73 Å². The van der Waals surface area contributed by atoms with Crippen LogP contribution in [0.3, 0.4) is 0 Å². The second kappa shape index (κ2) is 6.59. The maximum atomic E-state index is 13.0. The highest BCUT2D eigenvalue weighted by atomic mass is 19.4. The molecule has 17 heavy (non-hydrogen) atoms. The van der Waals surface area contributed by atoms with Gasteiger partial charge in [-0.25, -0.2) is 0 Å². The van der Waals surface area contributed by atoms with E-state index in [1.54, 1.807) is 6.92 Å². The summed E-state index contributed by atoms with van der Waals surface area (Å²) in [5, 5.41) is 0. The van der Waals surface area contributed by atoms with Crippen LogP contribution in [0.25, 0.3) is 0 Å². The Morgan fingerprint density at radius 2 is 1.65 bits per heavy atom. The Morgan fingerprint density at radius 1 is 1.18 bits per heavy atom. The van der Waals surface area contributed by atoms with Crippen molar-refractivity contribution in [3.8, 4) is 0 Å². The molecule has 0 aliphatic rings. The topological polar surface area (TPSA) is 29.3 Å². The Balaban J connectivity index is 4.81.